The van der Waals surface area contributed by atoms with Crippen molar-refractivity contribution in [3.05, 3.63) is 59.4 Å². The number of nitrogens with zero attached hydrogens (tertiary/aromatic N) is 1. The lowest BCUT2D eigenvalue weighted by Crippen LogP contribution is -2.35. The fourth-order valence-electron chi connectivity index (χ4n) is 4.20. The van der Waals surface area contributed by atoms with Gasteiger partial charge in [-0.3, -0.25) is 9.59 Å². The molecule has 164 valence electrons. The van der Waals surface area contributed by atoms with Crippen LogP contribution in [0.3, 0.4) is 0 Å². The molecule has 2 aromatic rings. The molecule has 0 aromatic heterocycles. The summed E-state index contributed by atoms with van der Waals surface area (Å²) in [5, 5.41) is 2.96. The van der Waals surface area contributed by atoms with Crippen molar-refractivity contribution in [2.24, 2.45) is 11.8 Å². The van der Waals surface area contributed by atoms with E-state index in [0.29, 0.717) is 31.1 Å². The summed E-state index contributed by atoms with van der Waals surface area (Å²) in [6.07, 6.45) is 1.84. The van der Waals surface area contributed by atoms with Crippen LogP contribution in [0.25, 0.3) is 0 Å². The molecule has 2 aromatic carbocycles. The monoisotopic (exact) mass is 426 g/mol. The molecular weight excluding hydrogens is 399 g/mol. The van der Waals surface area contributed by atoms with Crippen LogP contribution < -0.4 is 14.8 Å². The van der Waals surface area contributed by atoms with Crippen LogP contribution in [-0.4, -0.2) is 44.0 Å². The molecule has 0 unspecified atom stereocenters. The predicted molar refractivity (Wildman–Crippen MR) is 113 cm³/mol. The van der Waals surface area contributed by atoms with E-state index in [1.165, 1.54) is 12.1 Å². The SMILES string of the molecule is COc1ccc(OC)c([C@@H]2CN(C(=O)C3CC3)C[C@@H]2C(=O)NCc2ccc(F)cc2)c1. The van der Waals surface area contributed by atoms with Crippen LogP contribution in [0.4, 0.5) is 4.39 Å². The van der Waals surface area contributed by atoms with Gasteiger partial charge in [0.1, 0.15) is 17.3 Å². The maximum absolute atomic E-state index is 13.2. The van der Waals surface area contributed by atoms with Gasteiger partial charge in [-0.05, 0) is 48.7 Å². The largest absolute Gasteiger partial charge is 0.497 e. The first-order chi connectivity index (χ1) is 15.0. The van der Waals surface area contributed by atoms with E-state index in [1.807, 2.05) is 23.1 Å². The number of carbonyl (C=O) groups excluding carboxylic acids is 2. The summed E-state index contributed by atoms with van der Waals surface area (Å²) in [7, 11) is 3.19. The number of hydrogen-bond acceptors (Lipinski definition) is 4. The van der Waals surface area contributed by atoms with Gasteiger partial charge in [0.15, 0.2) is 0 Å². The first-order valence-corrected chi connectivity index (χ1v) is 10.5. The van der Waals surface area contributed by atoms with E-state index in [0.717, 1.165) is 24.0 Å². The van der Waals surface area contributed by atoms with Gasteiger partial charge in [0.2, 0.25) is 11.8 Å². The van der Waals surface area contributed by atoms with Gasteiger partial charge in [0.25, 0.3) is 0 Å². The average molecular weight is 426 g/mol. The maximum atomic E-state index is 13.2. The van der Waals surface area contributed by atoms with E-state index in [2.05, 4.69) is 5.32 Å². The van der Waals surface area contributed by atoms with Crippen molar-refractivity contribution in [3.63, 3.8) is 0 Å². The van der Waals surface area contributed by atoms with Crippen LogP contribution in [0.15, 0.2) is 42.5 Å². The lowest BCUT2D eigenvalue weighted by atomic mass is 9.87. The highest BCUT2D eigenvalue weighted by Gasteiger charge is 2.44. The smallest absolute Gasteiger partial charge is 0.225 e. The van der Waals surface area contributed by atoms with E-state index in [9.17, 15) is 14.0 Å². The Balaban J connectivity index is 1.57. The molecule has 2 atom stereocenters. The Hall–Kier alpha value is -3.09. The number of rotatable bonds is 7. The van der Waals surface area contributed by atoms with Crippen LogP contribution in [0.2, 0.25) is 0 Å². The summed E-state index contributed by atoms with van der Waals surface area (Å²) in [5.74, 6) is 0.492. The molecule has 0 spiro atoms. The molecule has 7 heteroatoms. The third kappa shape index (κ3) is 4.65. The molecule has 6 nitrogen and oxygen atoms in total. The van der Waals surface area contributed by atoms with Gasteiger partial charge >= 0.3 is 0 Å². The number of likely N-dealkylation sites (tertiary alicyclic amines) is 1. The van der Waals surface area contributed by atoms with Crippen molar-refractivity contribution < 1.29 is 23.5 Å². The number of benzene rings is 2. The zero-order valence-electron chi connectivity index (χ0n) is 17.8. The van der Waals surface area contributed by atoms with E-state index < -0.39 is 5.92 Å². The fourth-order valence-corrected chi connectivity index (χ4v) is 4.20. The lowest BCUT2D eigenvalue weighted by molar-refractivity contribution is -0.132. The molecule has 4 rings (SSSR count). The van der Waals surface area contributed by atoms with Crippen molar-refractivity contribution >= 4 is 11.8 Å². The normalized spacial score (nSPS) is 20.4. The highest BCUT2D eigenvalue weighted by Crippen LogP contribution is 2.41. The van der Waals surface area contributed by atoms with Crippen molar-refractivity contribution in [1.29, 1.82) is 0 Å². The number of carbonyl (C=O) groups is 2. The molecule has 1 saturated heterocycles. The number of halogens is 1. The highest BCUT2D eigenvalue weighted by molar-refractivity contribution is 5.85. The topological polar surface area (TPSA) is 67.9 Å². The molecule has 0 radical (unpaired) electrons. The molecule has 2 aliphatic rings. The van der Waals surface area contributed by atoms with E-state index >= 15 is 0 Å². The summed E-state index contributed by atoms with van der Waals surface area (Å²) in [6.45, 7) is 1.14. The second-order valence-corrected chi connectivity index (χ2v) is 8.18. The average Bonchev–Trinajstić information content (AvgIpc) is 3.55. The zero-order valence-corrected chi connectivity index (χ0v) is 17.8. The minimum Gasteiger partial charge on any atom is -0.497 e. The Morgan fingerprint density at radius 1 is 1.06 bits per heavy atom. The van der Waals surface area contributed by atoms with Gasteiger partial charge in [-0.1, -0.05) is 12.1 Å². The molecule has 2 fully saturated rings. The predicted octanol–water partition coefficient (Wildman–Crippen LogP) is 3.11. The molecule has 1 N–H and O–H groups in total. The number of amides is 2. The number of methoxy groups -OCH3 is 2. The molecule has 1 aliphatic carbocycles. The fraction of sp³-hybridized carbons (Fsp3) is 0.417. The molecule has 2 amide bonds. The Bertz CT molecular complexity index is 959. The van der Waals surface area contributed by atoms with Crippen molar-refractivity contribution in [1.82, 2.24) is 10.2 Å². The Kier molecular flexibility index (Phi) is 6.11. The quantitative estimate of drug-likeness (QED) is 0.739. The molecule has 0 bridgehead atoms. The minimum absolute atomic E-state index is 0.0916. The number of ether oxygens (including phenoxy) is 2. The summed E-state index contributed by atoms with van der Waals surface area (Å²) < 4.78 is 24.1. The minimum atomic E-state index is -0.413. The van der Waals surface area contributed by atoms with E-state index in [4.69, 9.17) is 9.47 Å². The second kappa shape index (κ2) is 8.96. The van der Waals surface area contributed by atoms with Crippen molar-refractivity contribution in [3.8, 4) is 11.5 Å². The van der Waals surface area contributed by atoms with Gasteiger partial charge in [0, 0.05) is 37.0 Å². The Morgan fingerprint density at radius 3 is 2.45 bits per heavy atom. The first kappa shape index (κ1) is 21.2. The summed E-state index contributed by atoms with van der Waals surface area (Å²) in [4.78, 5) is 27.7. The number of nitrogens with one attached hydrogen (secondary N) is 1. The summed E-state index contributed by atoms with van der Waals surface area (Å²) in [5.41, 5.74) is 1.67. The summed E-state index contributed by atoms with van der Waals surface area (Å²) >= 11 is 0. The number of hydrogen-bond donors (Lipinski definition) is 1. The lowest BCUT2D eigenvalue weighted by Gasteiger charge is -2.21. The van der Waals surface area contributed by atoms with E-state index in [-0.39, 0.29) is 29.5 Å². The molecule has 1 heterocycles. The third-order valence-corrected chi connectivity index (χ3v) is 6.11. The summed E-state index contributed by atoms with van der Waals surface area (Å²) in [6, 6.07) is 11.6. The van der Waals surface area contributed by atoms with Crippen LogP contribution in [0.1, 0.15) is 29.9 Å². The zero-order chi connectivity index (χ0) is 22.0. The standard InChI is InChI=1S/C24H27FN2O4/c1-30-18-9-10-22(31-2)19(11-18)20-13-27(24(29)16-5-6-16)14-21(20)23(28)26-12-15-3-7-17(25)8-4-15/h3-4,7-11,16,20-21H,5-6,12-14H2,1-2H3,(H,26,28)/t20-,21-/m0/s1. The Labute approximate surface area is 181 Å². The molecular formula is C24H27FN2O4. The van der Waals surface area contributed by atoms with Crippen LogP contribution in [-0.2, 0) is 16.1 Å². The van der Waals surface area contributed by atoms with Gasteiger partial charge < -0.3 is 19.7 Å². The van der Waals surface area contributed by atoms with E-state index in [1.54, 1.807) is 26.4 Å². The van der Waals surface area contributed by atoms with Gasteiger partial charge in [-0.15, -0.1) is 0 Å². The maximum Gasteiger partial charge on any atom is 0.225 e. The Morgan fingerprint density at radius 2 is 1.81 bits per heavy atom. The van der Waals surface area contributed by atoms with Crippen LogP contribution in [0.5, 0.6) is 11.5 Å². The van der Waals surface area contributed by atoms with Crippen LogP contribution >= 0.6 is 0 Å². The second-order valence-electron chi connectivity index (χ2n) is 8.18. The first-order valence-electron chi connectivity index (χ1n) is 10.5. The van der Waals surface area contributed by atoms with Crippen molar-refractivity contribution in [2.45, 2.75) is 25.3 Å². The van der Waals surface area contributed by atoms with Gasteiger partial charge in [-0.2, -0.15) is 0 Å². The molecule has 1 saturated carbocycles. The molecule has 31 heavy (non-hydrogen) atoms. The highest BCUT2D eigenvalue weighted by atomic mass is 19.1. The third-order valence-electron chi connectivity index (χ3n) is 6.11. The molecule has 1 aliphatic heterocycles. The van der Waals surface area contributed by atoms with Crippen LogP contribution in [0, 0.1) is 17.7 Å². The van der Waals surface area contributed by atoms with Crippen molar-refractivity contribution in [2.75, 3.05) is 27.3 Å². The van der Waals surface area contributed by atoms with Gasteiger partial charge in [-0.25, -0.2) is 4.39 Å². The van der Waals surface area contributed by atoms with Gasteiger partial charge in [0.05, 0.1) is 20.1 Å².